The molecular weight excluding hydrogens is 242 g/mol. The van der Waals surface area contributed by atoms with Gasteiger partial charge in [0.05, 0.1) is 4.83 Å². The van der Waals surface area contributed by atoms with Crippen LogP contribution >= 0.6 is 15.9 Å². The molecule has 0 spiro atoms. The van der Waals surface area contributed by atoms with Crippen LogP contribution in [0.15, 0.2) is 0 Å². The zero-order valence-electron chi connectivity index (χ0n) is 9.13. The van der Waals surface area contributed by atoms with Crippen molar-refractivity contribution in [2.24, 2.45) is 5.92 Å². The van der Waals surface area contributed by atoms with Gasteiger partial charge >= 0.3 is 0 Å². The largest absolute Gasteiger partial charge is 0.309 e. The molecule has 0 bridgehead atoms. The summed E-state index contributed by atoms with van der Waals surface area (Å²) in [7, 11) is 4.07. The Kier molecular flexibility index (Phi) is 5.10. The van der Waals surface area contributed by atoms with Gasteiger partial charge in [0.15, 0.2) is 5.78 Å². The Bertz CT molecular complexity index is 194. The summed E-state index contributed by atoms with van der Waals surface area (Å²) in [5.41, 5.74) is 0. The molecule has 0 aliphatic heterocycles. The van der Waals surface area contributed by atoms with Crippen LogP contribution in [0.25, 0.3) is 0 Å². The standard InChI is InChI=1S/C11H20BrNO/c1-13(2)8-9-6-4-3-5-7-10(12)11(9)14/h9-10H,3-8H2,1-2H3/t9-,10-/m0/s1. The molecule has 1 rings (SSSR count). The lowest BCUT2D eigenvalue weighted by atomic mass is 9.89. The van der Waals surface area contributed by atoms with Crippen molar-refractivity contribution in [3.05, 3.63) is 0 Å². The molecule has 82 valence electrons. The van der Waals surface area contributed by atoms with E-state index in [2.05, 4.69) is 20.8 Å². The van der Waals surface area contributed by atoms with Crippen LogP contribution < -0.4 is 0 Å². The van der Waals surface area contributed by atoms with Gasteiger partial charge in [-0.1, -0.05) is 35.2 Å². The van der Waals surface area contributed by atoms with E-state index >= 15 is 0 Å². The second-order valence-electron chi connectivity index (χ2n) is 4.47. The fourth-order valence-corrected chi connectivity index (χ4v) is 2.75. The third kappa shape index (κ3) is 3.70. The van der Waals surface area contributed by atoms with Crippen molar-refractivity contribution < 1.29 is 4.79 Å². The first-order valence-electron chi connectivity index (χ1n) is 5.44. The van der Waals surface area contributed by atoms with Crippen molar-refractivity contribution in [3.8, 4) is 0 Å². The van der Waals surface area contributed by atoms with Gasteiger partial charge in [0.1, 0.15) is 0 Å². The molecule has 0 aromatic rings. The number of hydrogen-bond donors (Lipinski definition) is 0. The predicted molar refractivity (Wildman–Crippen MR) is 62.9 cm³/mol. The summed E-state index contributed by atoms with van der Waals surface area (Å²) in [5.74, 6) is 0.660. The molecule has 2 nitrogen and oxygen atoms in total. The highest BCUT2D eigenvalue weighted by atomic mass is 79.9. The fourth-order valence-electron chi connectivity index (χ4n) is 2.05. The van der Waals surface area contributed by atoms with Crippen LogP contribution in [0.2, 0.25) is 0 Å². The van der Waals surface area contributed by atoms with Crippen LogP contribution in [0, 0.1) is 5.92 Å². The SMILES string of the molecule is CN(C)C[C@@H]1CCCCC[C@H](Br)C1=O. The monoisotopic (exact) mass is 261 g/mol. The molecule has 0 N–H and O–H groups in total. The van der Waals surface area contributed by atoms with Gasteiger partial charge < -0.3 is 4.90 Å². The van der Waals surface area contributed by atoms with Crippen molar-refractivity contribution in [1.29, 1.82) is 0 Å². The summed E-state index contributed by atoms with van der Waals surface area (Å²) in [6, 6.07) is 0. The van der Waals surface area contributed by atoms with Crippen LogP contribution in [-0.4, -0.2) is 36.2 Å². The number of nitrogens with zero attached hydrogens (tertiary/aromatic N) is 1. The van der Waals surface area contributed by atoms with Crippen LogP contribution in [0.3, 0.4) is 0 Å². The lowest BCUT2D eigenvalue weighted by Gasteiger charge is -2.24. The minimum Gasteiger partial charge on any atom is -0.309 e. The number of halogens is 1. The normalized spacial score (nSPS) is 30.1. The molecular formula is C11H20BrNO. The van der Waals surface area contributed by atoms with E-state index in [4.69, 9.17) is 0 Å². The maximum absolute atomic E-state index is 12.0. The molecule has 0 saturated heterocycles. The maximum atomic E-state index is 12.0. The molecule has 2 atom stereocenters. The first-order valence-corrected chi connectivity index (χ1v) is 6.35. The molecule has 0 radical (unpaired) electrons. The summed E-state index contributed by atoms with van der Waals surface area (Å²) in [6.07, 6.45) is 5.77. The number of alkyl halides is 1. The second-order valence-corrected chi connectivity index (χ2v) is 5.57. The molecule has 0 amide bonds. The number of carbonyl (C=O) groups excluding carboxylic acids is 1. The molecule has 1 aliphatic carbocycles. The highest BCUT2D eigenvalue weighted by molar-refractivity contribution is 9.10. The van der Waals surface area contributed by atoms with Gasteiger partial charge in [0.25, 0.3) is 0 Å². The van der Waals surface area contributed by atoms with Gasteiger partial charge in [0.2, 0.25) is 0 Å². The topological polar surface area (TPSA) is 20.3 Å². The first kappa shape index (κ1) is 12.2. The Morgan fingerprint density at radius 2 is 1.93 bits per heavy atom. The molecule has 14 heavy (non-hydrogen) atoms. The number of carbonyl (C=O) groups is 1. The third-order valence-electron chi connectivity index (χ3n) is 2.81. The van der Waals surface area contributed by atoms with E-state index in [1.165, 1.54) is 19.3 Å². The second kappa shape index (κ2) is 5.86. The Morgan fingerprint density at radius 1 is 1.29 bits per heavy atom. The van der Waals surface area contributed by atoms with E-state index < -0.39 is 0 Å². The van der Waals surface area contributed by atoms with Gasteiger partial charge in [-0.25, -0.2) is 0 Å². The van der Waals surface area contributed by atoms with E-state index in [1.54, 1.807) is 0 Å². The van der Waals surface area contributed by atoms with Gasteiger partial charge in [-0.15, -0.1) is 0 Å². The Balaban J connectivity index is 2.54. The van der Waals surface area contributed by atoms with Crippen molar-refractivity contribution in [1.82, 2.24) is 4.90 Å². The third-order valence-corrected chi connectivity index (χ3v) is 3.72. The van der Waals surface area contributed by atoms with E-state index in [9.17, 15) is 4.79 Å². The minimum atomic E-state index is 0.104. The van der Waals surface area contributed by atoms with Crippen LogP contribution in [0.4, 0.5) is 0 Å². The summed E-state index contributed by atoms with van der Waals surface area (Å²) < 4.78 is 0. The smallest absolute Gasteiger partial charge is 0.150 e. The lowest BCUT2D eigenvalue weighted by molar-refractivity contribution is -0.123. The van der Waals surface area contributed by atoms with Crippen molar-refractivity contribution in [2.75, 3.05) is 20.6 Å². The molecule has 1 aliphatic rings. The predicted octanol–water partition coefficient (Wildman–Crippen LogP) is 2.46. The summed E-state index contributed by atoms with van der Waals surface area (Å²) >= 11 is 3.50. The average molecular weight is 262 g/mol. The van der Waals surface area contributed by atoms with Gasteiger partial charge in [0, 0.05) is 12.5 Å². The highest BCUT2D eigenvalue weighted by Crippen LogP contribution is 2.24. The zero-order chi connectivity index (χ0) is 10.6. The number of Topliss-reactive ketones (excluding diaryl/α,β-unsaturated/α-hetero) is 1. The Labute approximate surface area is 95.2 Å². The van der Waals surface area contributed by atoms with Gasteiger partial charge in [-0.05, 0) is 26.9 Å². The van der Waals surface area contributed by atoms with Gasteiger partial charge in [-0.3, -0.25) is 4.79 Å². The lowest BCUT2D eigenvalue weighted by Crippen LogP contribution is -2.33. The quantitative estimate of drug-likeness (QED) is 0.712. The molecule has 1 saturated carbocycles. The van der Waals surface area contributed by atoms with Gasteiger partial charge in [-0.2, -0.15) is 0 Å². The van der Waals surface area contributed by atoms with Crippen LogP contribution in [-0.2, 0) is 4.79 Å². The molecule has 0 unspecified atom stereocenters. The van der Waals surface area contributed by atoms with Crippen LogP contribution in [0.1, 0.15) is 32.1 Å². The maximum Gasteiger partial charge on any atom is 0.150 e. The first-order chi connectivity index (χ1) is 6.61. The van der Waals surface area contributed by atoms with E-state index in [0.717, 1.165) is 19.4 Å². The molecule has 3 heteroatoms. The summed E-state index contributed by atoms with van der Waals surface area (Å²) in [6.45, 7) is 0.904. The van der Waals surface area contributed by atoms with Crippen molar-refractivity contribution in [3.63, 3.8) is 0 Å². The zero-order valence-corrected chi connectivity index (χ0v) is 10.7. The Morgan fingerprint density at radius 3 is 2.57 bits per heavy atom. The highest BCUT2D eigenvalue weighted by Gasteiger charge is 2.26. The number of hydrogen-bond acceptors (Lipinski definition) is 2. The van der Waals surface area contributed by atoms with E-state index in [0.29, 0.717) is 5.78 Å². The molecule has 1 fully saturated rings. The van der Waals surface area contributed by atoms with E-state index in [-0.39, 0.29) is 10.7 Å². The summed E-state index contributed by atoms with van der Waals surface area (Å²) in [4.78, 5) is 14.2. The molecule has 0 aromatic heterocycles. The van der Waals surface area contributed by atoms with E-state index in [1.807, 2.05) is 14.1 Å². The molecule has 0 heterocycles. The fraction of sp³-hybridized carbons (Fsp3) is 0.909. The minimum absolute atomic E-state index is 0.104. The van der Waals surface area contributed by atoms with Crippen LogP contribution in [0.5, 0.6) is 0 Å². The molecule has 0 aromatic carbocycles. The Hall–Kier alpha value is 0.110. The van der Waals surface area contributed by atoms with Crippen molar-refractivity contribution in [2.45, 2.75) is 36.9 Å². The number of rotatable bonds is 2. The summed E-state index contributed by atoms with van der Waals surface area (Å²) in [5, 5.41) is 0. The number of ketones is 1. The average Bonchev–Trinajstić information content (AvgIpc) is 2.11. The van der Waals surface area contributed by atoms with Crippen molar-refractivity contribution >= 4 is 21.7 Å².